The zero-order valence-corrected chi connectivity index (χ0v) is 18.0. The van der Waals surface area contributed by atoms with E-state index in [1.165, 1.54) is 11.3 Å². The van der Waals surface area contributed by atoms with Crippen LogP contribution in [0.1, 0.15) is 42.3 Å². The predicted molar refractivity (Wildman–Crippen MR) is 116 cm³/mol. The molecule has 30 heavy (non-hydrogen) atoms. The zero-order valence-electron chi connectivity index (χ0n) is 17.2. The summed E-state index contributed by atoms with van der Waals surface area (Å²) in [7, 11) is 0. The third-order valence-electron chi connectivity index (χ3n) is 5.43. The Morgan fingerprint density at radius 3 is 2.43 bits per heavy atom. The molecule has 2 saturated heterocycles. The van der Waals surface area contributed by atoms with Gasteiger partial charge >= 0.3 is 12.0 Å². The lowest BCUT2D eigenvalue weighted by Crippen LogP contribution is -2.44. The van der Waals surface area contributed by atoms with Crippen LogP contribution in [-0.2, 0) is 14.2 Å². The first-order valence-corrected chi connectivity index (χ1v) is 11.4. The van der Waals surface area contributed by atoms with E-state index in [1.807, 2.05) is 29.2 Å². The van der Waals surface area contributed by atoms with Gasteiger partial charge in [-0.1, -0.05) is 0 Å². The number of carbonyl (C=O) groups is 2. The number of nitrogens with one attached hydrogen (secondary N) is 1. The molecule has 0 bridgehead atoms. The Kier molecular flexibility index (Phi) is 6.86. The SMILES string of the molecule is CCOC(=O)c1cc2cc(NC(=O)N(C[C@H]3CCCO3)C[C@@H]3CCCO3)ccc2s1. The quantitative estimate of drug-likeness (QED) is 0.661. The van der Waals surface area contributed by atoms with Gasteiger partial charge in [-0.2, -0.15) is 0 Å². The van der Waals surface area contributed by atoms with E-state index < -0.39 is 0 Å². The van der Waals surface area contributed by atoms with E-state index in [2.05, 4.69) is 5.32 Å². The molecule has 2 atom stereocenters. The molecule has 0 unspecified atom stereocenters. The molecule has 3 heterocycles. The molecule has 4 rings (SSSR count). The smallest absolute Gasteiger partial charge is 0.348 e. The van der Waals surface area contributed by atoms with E-state index in [0.29, 0.717) is 30.3 Å². The lowest BCUT2D eigenvalue weighted by atomic mass is 10.2. The van der Waals surface area contributed by atoms with Crippen LogP contribution in [0.2, 0.25) is 0 Å². The average molecular weight is 433 g/mol. The molecule has 8 heteroatoms. The van der Waals surface area contributed by atoms with E-state index >= 15 is 0 Å². The van der Waals surface area contributed by atoms with Gasteiger partial charge in [0.15, 0.2) is 0 Å². The molecule has 1 aromatic heterocycles. The summed E-state index contributed by atoms with van der Waals surface area (Å²) >= 11 is 1.39. The molecule has 0 radical (unpaired) electrons. The van der Waals surface area contributed by atoms with Crippen LogP contribution in [0.15, 0.2) is 24.3 Å². The Balaban J connectivity index is 1.45. The van der Waals surface area contributed by atoms with Crippen molar-refractivity contribution in [2.75, 3.05) is 38.2 Å². The number of ether oxygens (including phenoxy) is 3. The molecule has 2 fully saturated rings. The third-order valence-corrected chi connectivity index (χ3v) is 6.52. The molecule has 1 N–H and O–H groups in total. The Labute approximate surface area is 180 Å². The molecule has 0 spiro atoms. The van der Waals surface area contributed by atoms with Crippen LogP contribution in [-0.4, -0.2) is 62.0 Å². The van der Waals surface area contributed by atoms with E-state index in [-0.39, 0.29) is 24.2 Å². The number of rotatable bonds is 7. The number of urea groups is 1. The van der Waals surface area contributed by atoms with Gasteiger partial charge in [-0.3, -0.25) is 0 Å². The number of hydrogen-bond acceptors (Lipinski definition) is 6. The fraction of sp³-hybridized carbons (Fsp3) is 0.545. The number of esters is 1. The molecular formula is C22H28N2O5S. The first-order valence-electron chi connectivity index (χ1n) is 10.6. The maximum absolute atomic E-state index is 13.1. The lowest BCUT2D eigenvalue weighted by Gasteiger charge is -2.28. The predicted octanol–water partition coefficient (Wildman–Crippen LogP) is 4.27. The van der Waals surface area contributed by atoms with Gasteiger partial charge in [0.1, 0.15) is 4.88 Å². The van der Waals surface area contributed by atoms with Crippen molar-refractivity contribution in [2.24, 2.45) is 0 Å². The van der Waals surface area contributed by atoms with Crippen molar-refractivity contribution in [3.8, 4) is 0 Å². The maximum Gasteiger partial charge on any atom is 0.348 e. The Bertz CT molecular complexity index is 869. The van der Waals surface area contributed by atoms with Crippen molar-refractivity contribution in [1.82, 2.24) is 4.90 Å². The van der Waals surface area contributed by atoms with Gasteiger partial charge in [-0.25, -0.2) is 9.59 Å². The molecule has 162 valence electrons. The number of anilines is 1. The molecule has 0 aliphatic carbocycles. The molecule has 0 saturated carbocycles. The second-order valence-electron chi connectivity index (χ2n) is 7.69. The van der Waals surface area contributed by atoms with E-state index in [0.717, 1.165) is 49.0 Å². The number of thiophene rings is 1. The Morgan fingerprint density at radius 2 is 1.83 bits per heavy atom. The Hall–Kier alpha value is -2.16. The van der Waals surface area contributed by atoms with Crippen LogP contribution >= 0.6 is 11.3 Å². The highest BCUT2D eigenvalue weighted by Crippen LogP contribution is 2.29. The van der Waals surface area contributed by atoms with E-state index in [9.17, 15) is 9.59 Å². The minimum absolute atomic E-state index is 0.0867. The average Bonchev–Trinajstić information content (AvgIpc) is 3.49. The number of amides is 2. The monoisotopic (exact) mass is 432 g/mol. The largest absolute Gasteiger partial charge is 0.462 e. The second kappa shape index (κ2) is 9.76. The molecule has 2 aliphatic heterocycles. The molecule has 1 aromatic carbocycles. The van der Waals surface area contributed by atoms with Crippen molar-refractivity contribution in [1.29, 1.82) is 0 Å². The summed E-state index contributed by atoms with van der Waals surface area (Å²) in [6.07, 6.45) is 4.21. The highest BCUT2D eigenvalue weighted by molar-refractivity contribution is 7.20. The van der Waals surface area contributed by atoms with Crippen molar-refractivity contribution in [3.05, 3.63) is 29.1 Å². The number of fused-ring (bicyclic) bond motifs is 1. The number of nitrogens with zero attached hydrogens (tertiary/aromatic N) is 1. The van der Waals surface area contributed by atoms with Gasteiger partial charge in [0.2, 0.25) is 0 Å². The summed E-state index contributed by atoms with van der Waals surface area (Å²) in [6, 6.07) is 7.33. The molecule has 2 aliphatic rings. The minimum Gasteiger partial charge on any atom is -0.462 e. The minimum atomic E-state index is -0.316. The standard InChI is InChI=1S/C22H28N2O5S/c1-2-27-21(25)20-12-15-11-16(7-8-19(15)30-20)23-22(26)24(13-17-5-3-9-28-17)14-18-6-4-10-29-18/h7-8,11-12,17-18H,2-6,9-10,13-14H2,1H3,(H,23,26)/t17-,18+. The van der Waals surface area contributed by atoms with Crippen LogP contribution in [0.3, 0.4) is 0 Å². The molecule has 7 nitrogen and oxygen atoms in total. The van der Waals surface area contributed by atoms with Crippen molar-refractivity contribution < 1.29 is 23.8 Å². The summed E-state index contributed by atoms with van der Waals surface area (Å²) in [5.74, 6) is -0.316. The number of carbonyl (C=O) groups excluding carboxylic acids is 2. The fourth-order valence-electron chi connectivity index (χ4n) is 3.94. The summed E-state index contributed by atoms with van der Waals surface area (Å²) in [4.78, 5) is 27.4. The highest BCUT2D eigenvalue weighted by atomic mass is 32.1. The van der Waals surface area contributed by atoms with Gasteiger partial charge in [0.05, 0.1) is 18.8 Å². The topological polar surface area (TPSA) is 77.1 Å². The lowest BCUT2D eigenvalue weighted by molar-refractivity contribution is 0.0523. The van der Waals surface area contributed by atoms with Gasteiger partial charge in [-0.15, -0.1) is 11.3 Å². The highest BCUT2D eigenvalue weighted by Gasteiger charge is 2.27. The van der Waals surface area contributed by atoms with Gasteiger partial charge in [0, 0.05) is 36.7 Å². The van der Waals surface area contributed by atoms with Gasteiger partial charge in [0.25, 0.3) is 0 Å². The first-order chi connectivity index (χ1) is 14.6. The van der Waals surface area contributed by atoms with E-state index in [1.54, 1.807) is 6.92 Å². The number of benzene rings is 1. The van der Waals surface area contributed by atoms with Gasteiger partial charge in [-0.05, 0) is 62.3 Å². The second-order valence-corrected chi connectivity index (χ2v) is 8.77. The summed E-state index contributed by atoms with van der Waals surface area (Å²) in [5, 5.41) is 3.92. The molecular weight excluding hydrogens is 404 g/mol. The van der Waals surface area contributed by atoms with E-state index in [4.69, 9.17) is 14.2 Å². The third kappa shape index (κ3) is 5.11. The van der Waals surface area contributed by atoms with Crippen LogP contribution < -0.4 is 5.32 Å². The summed E-state index contributed by atoms with van der Waals surface area (Å²) < 4.78 is 17.6. The van der Waals surface area contributed by atoms with Crippen LogP contribution in [0.25, 0.3) is 10.1 Å². The number of hydrogen-bond donors (Lipinski definition) is 1. The van der Waals surface area contributed by atoms with Crippen molar-refractivity contribution >= 4 is 39.1 Å². The van der Waals surface area contributed by atoms with Crippen molar-refractivity contribution in [3.63, 3.8) is 0 Å². The van der Waals surface area contributed by atoms with Crippen molar-refractivity contribution in [2.45, 2.75) is 44.8 Å². The van der Waals surface area contributed by atoms with Crippen LogP contribution in [0, 0.1) is 0 Å². The summed E-state index contributed by atoms with van der Waals surface area (Å²) in [5.41, 5.74) is 0.699. The maximum atomic E-state index is 13.1. The summed E-state index contributed by atoms with van der Waals surface area (Å²) in [6.45, 7) is 4.80. The molecule has 2 aromatic rings. The first kappa shape index (κ1) is 21.1. The van der Waals surface area contributed by atoms with Gasteiger partial charge < -0.3 is 24.4 Å². The molecule has 2 amide bonds. The fourth-order valence-corrected chi connectivity index (χ4v) is 4.87. The van der Waals surface area contributed by atoms with Crippen LogP contribution in [0.4, 0.5) is 10.5 Å². The van der Waals surface area contributed by atoms with Crippen LogP contribution in [0.5, 0.6) is 0 Å². The zero-order chi connectivity index (χ0) is 20.9. The normalized spacial score (nSPS) is 21.1. The Morgan fingerprint density at radius 1 is 1.13 bits per heavy atom.